The molecule has 3 aromatic rings. The molecule has 3 rings (SSSR count). The Bertz CT molecular complexity index is 1000. The number of ether oxygens (including phenoxy) is 1. The van der Waals surface area contributed by atoms with E-state index in [1.165, 1.54) is 7.11 Å². The van der Waals surface area contributed by atoms with Crippen LogP contribution in [0, 0.1) is 0 Å². The summed E-state index contributed by atoms with van der Waals surface area (Å²) in [6.07, 6.45) is 0. The number of hydrogen-bond acceptors (Lipinski definition) is 4. The standard InChI is InChI=1S/C23H23N3O3/c1-26(2)19-12-9-17(10-13-19)22(27)24-18-11-14-21(29-3)20(15-18)25-23(28)16-7-5-4-6-8-16/h4-15H,1-3H3,(H,24,27)(H,25,28). The first-order valence-electron chi connectivity index (χ1n) is 9.11. The number of nitrogens with one attached hydrogen (secondary N) is 2. The fourth-order valence-electron chi connectivity index (χ4n) is 2.78. The molecule has 2 N–H and O–H groups in total. The van der Waals surface area contributed by atoms with Crippen molar-refractivity contribution in [3.8, 4) is 5.75 Å². The van der Waals surface area contributed by atoms with Gasteiger partial charge in [-0.3, -0.25) is 9.59 Å². The zero-order chi connectivity index (χ0) is 20.8. The lowest BCUT2D eigenvalue weighted by Crippen LogP contribution is -2.15. The highest BCUT2D eigenvalue weighted by Gasteiger charge is 2.12. The van der Waals surface area contributed by atoms with Gasteiger partial charge in [-0.1, -0.05) is 18.2 Å². The van der Waals surface area contributed by atoms with Crippen molar-refractivity contribution < 1.29 is 14.3 Å². The summed E-state index contributed by atoms with van der Waals surface area (Å²) in [5, 5.41) is 5.68. The summed E-state index contributed by atoms with van der Waals surface area (Å²) in [6, 6.07) is 21.3. The number of methoxy groups -OCH3 is 1. The van der Waals surface area contributed by atoms with Gasteiger partial charge in [0.05, 0.1) is 12.8 Å². The van der Waals surface area contributed by atoms with Gasteiger partial charge in [0.25, 0.3) is 11.8 Å². The van der Waals surface area contributed by atoms with E-state index in [-0.39, 0.29) is 11.8 Å². The molecule has 0 saturated carbocycles. The van der Waals surface area contributed by atoms with Crippen LogP contribution < -0.4 is 20.3 Å². The van der Waals surface area contributed by atoms with E-state index in [1.54, 1.807) is 54.6 Å². The van der Waals surface area contributed by atoms with Crippen LogP contribution in [0.15, 0.2) is 72.8 Å². The Morgan fingerprint density at radius 1 is 0.793 bits per heavy atom. The van der Waals surface area contributed by atoms with Crippen molar-refractivity contribution in [2.24, 2.45) is 0 Å². The Morgan fingerprint density at radius 3 is 2.03 bits per heavy atom. The Hall–Kier alpha value is -3.80. The highest BCUT2D eigenvalue weighted by Crippen LogP contribution is 2.28. The summed E-state index contributed by atoms with van der Waals surface area (Å²) in [4.78, 5) is 27.0. The minimum absolute atomic E-state index is 0.235. The molecule has 2 amide bonds. The lowest BCUT2D eigenvalue weighted by molar-refractivity contribution is 0.101. The molecule has 148 valence electrons. The van der Waals surface area contributed by atoms with Crippen molar-refractivity contribution in [2.45, 2.75) is 0 Å². The van der Waals surface area contributed by atoms with Gasteiger partial charge >= 0.3 is 0 Å². The summed E-state index contributed by atoms with van der Waals surface area (Å²) in [6.45, 7) is 0. The van der Waals surface area contributed by atoms with E-state index >= 15 is 0 Å². The summed E-state index contributed by atoms with van der Waals surface area (Å²) >= 11 is 0. The molecule has 6 heteroatoms. The quantitative estimate of drug-likeness (QED) is 0.661. The zero-order valence-corrected chi connectivity index (χ0v) is 16.6. The summed E-state index contributed by atoms with van der Waals surface area (Å²) in [5.41, 5.74) is 3.11. The lowest BCUT2D eigenvalue weighted by atomic mass is 10.1. The third-order valence-corrected chi connectivity index (χ3v) is 4.39. The number of carbonyl (C=O) groups is 2. The van der Waals surface area contributed by atoms with Crippen molar-refractivity contribution in [3.63, 3.8) is 0 Å². The third-order valence-electron chi connectivity index (χ3n) is 4.39. The molecule has 0 spiro atoms. The second kappa shape index (κ2) is 8.93. The number of nitrogens with zero attached hydrogens (tertiary/aromatic N) is 1. The van der Waals surface area contributed by atoms with Crippen LogP contribution in [0.5, 0.6) is 5.75 Å². The second-order valence-corrected chi connectivity index (χ2v) is 6.63. The number of hydrogen-bond donors (Lipinski definition) is 2. The predicted molar refractivity (Wildman–Crippen MR) is 116 cm³/mol. The minimum Gasteiger partial charge on any atom is -0.495 e. The summed E-state index contributed by atoms with van der Waals surface area (Å²) in [5.74, 6) is 0.00933. The van der Waals surface area contributed by atoms with Gasteiger partial charge in [0.15, 0.2) is 0 Å². The number of amides is 2. The molecule has 0 radical (unpaired) electrons. The van der Waals surface area contributed by atoms with Crippen LogP contribution in [-0.2, 0) is 0 Å². The maximum Gasteiger partial charge on any atom is 0.255 e. The highest BCUT2D eigenvalue weighted by molar-refractivity contribution is 6.07. The SMILES string of the molecule is COc1ccc(NC(=O)c2ccc(N(C)C)cc2)cc1NC(=O)c1ccccc1. The molecule has 29 heavy (non-hydrogen) atoms. The average molecular weight is 389 g/mol. The summed E-state index contributed by atoms with van der Waals surface area (Å²) in [7, 11) is 5.41. The predicted octanol–water partition coefficient (Wildman–Crippen LogP) is 4.27. The molecule has 6 nitrogen and oxygen atoms in total. The van der Waals surface area contributed by atoms with Gasteiger partial charge in [0.1, 0.15) is 5.75 Å². The molecule has 0 aliphatic rings. The maximum absolute atomic E-state index is 12.6. The van der Waals surface area contributed by atoms with Gasteiger partial charge in [0.2, 0.25) is 0 Å². The van der Waals surface area contributed by atoms with E-state index < -0.39 is 0 Å². The van der Waals surface area contributed by atoms with Gasteiger partial charge < -0.3 is 20.3 Å². The average Bonchev–Trinajstić information content (AvgIpc) is 2.74. The molecular weight excluding hydrogens is 366 g/mol. The fourth-order valence-corrected chi connectivity index (χ4v) is 2.78. The number of benzene rings is 3. The van der Waals surface area contributed by atoms with E-state index in [4.69, 9.17) is 4.74 Å². The van der Waals surface area contributed by atoms with E-state index in [2.05, 4.69) is 10.6 Å². The van der Waals surface area contributed by atoms with Gasteiger partial charge in [-0.2, -0.15) is 0 Å². The topological polar surface area (TPSA) is 70.7 Å². The highest BCUT2D eigenvalue weighted by atomic mass is 16.5. The van der Waals surface area contributed by atoms with Crippen LogP contribution in [0.25, 0.3) is 0 Å². The van der Waals surface area contributed by atoms with Crippen molar-refractivity contribution in [3.05, 3.63) is 83.9 Å². The van der Waals surface area contributed by atoms with E-state index in [0.717, 1.165) is 5.69 Å². The van der Waals surface area contributed by atoms with E-state index in [9.17, 15) is 9.59 Å². The van der Waals surface area contributed by atoms with Gasteiger partial charge in [-0.25, -0.2) is 0 Å². The zero-order valence-electron chi connectivity index (χ0n) is 16.6. The van der Waals surface area contributed by atoms with Crippen LogP contribution >= 0.6 is 0 Å². The van der Waals surface area contributed by atoms with E-state index in [0.29, 0.717) is 28.3 Å². The first-order valence-corrected chi connectivity index (χ1v) is 9.11. The molecule has 0 unspecified atom stereocenters. The van der Waals surface area contributed by atoms with Crippen LogP contribution in [0.3, 0.4) is 0 Å². The van der Waals surface area contributed by atoms with Crippen molar-refractivity contribution >= 4 is 28.9 Å². The Labute approximate surface area is 170 Å². The van der Waals surface area contributed by atoms with E-state index in [1.807, 2.05) is 37.2 Å². The van der Waals surface area contributed by atoms with Gasteiger partial charge in [0, 0.05) is 36.6 Å². The molecule has 0 aromatic heterocycles. The van der Waals surface area contributed by atoms with Gasteiger partial charge in [-0.05, 0) is 54.6 Å². The van der Waals surface area contributed by atoms with Crippen LogP contribution in [0.2, 0.25) is 0 Å². The Morgan fingerprint density at radius 2 is 1.41 bits per heavy atom. The third kappa shape index (κ3) is 4.93. The fraction of sp³-hybridized carbons (Fsp3) is 0.130. The largest absolute Gasteiger partial charge is 0.495 e. The molecule has 0 bridgehead atoms. The molecule has 0 fully saturated rings. The molecule has 0 aliphatic carbocycles. The number of carbonyl (C=O) groups excluding carboxylic acids is 2. The first-order chi connectivity index (χ1) is 14.0. The molecular formula is C23H23N3O3. The van der Waals surface area contributed by atoms with Crippen LogP contribution in [0.4, 0.5) is 17.1 Å². The Kier molecular flexibility index (Phi) is 6.14. The monoisotopic (exact) mass is 389 g/mol. The Balaban J connectivity index is 1.77. The van der Waals surface area contributed by atoms with Crippen LogP contribution in [-0.4, -0.2) is 33.0 Å². The smallest absolute Gasteiger partial charge is 0.255 e. The summed E-state index contributed by atoms with van der Waals surface area (Å²) < 4.78 is 5.33. The maximum atomic E-state index is 12.6. The normalized spacial score (nSPS) is 10.2. The molecule has 0 aliphatic heterocycles. The molecule has 0 atom stereocenters. The van der Waals surface area contributed by atoms with Crippen molar-refractivity contribution in [1.82, 2.24) is 0 Å². The lowest BCUT2D eigenvalue weighted by Gasteiger charge is -2.14. The van der Waals surface area contributed by atoms with Crippen molar-refractivity contribution in [1.29, 1.82) is 0 Å². The first kappa shape index (κ1) is 19.9. The molecule has 0 saturated heterocycles. The number of anilines is 3. The second-order valence-electron chi connectivity index (χ2n) is 6.63. The molecule has 3 aromatic carbocycles. The van der Waals surface area contributed by atoms with Crippen molar-refractivity contribution in [2.75, 3.05) is 36.7 Å². The minimum atomic E-state index is -0.258. The van der Waals surface area contributed by atoms with Gasteiger partial charge in [-0.15, -0.1) is 0 Å². The molecule has 0 heterocycles. The number of rotatable bonds is 6. The van der Waals surface area contributed by atoms with Crippen LogP contribution in [0.1, 0.15) is 20.7 Å².